The zero-order chi connectivity index (χ0) is 19.0. The van der Waals surface area contributed by atoms with Crippen LogP contribution >= 0.6 is 0 Å². The van der Waals surface area contributed by atoms with Gasteiger partial charge in [-0.2, -0.15) is 14.6 Å². The van der Waals surface area contributed by atoms with Crippen molar-refractivity contribution in [1.29, 1.82) is 0 Å². The molecule has 1 amide bonds. The van der Waals surface area contributed by atoms with E-state index in [0.29, 0.717) is 18.0 Å². The smallest absolute Gasteiger partial charge is 0.252 e. The Bertz CT molecular complexity index is 949. The van der Waals surface area contributed by atoms with E-state index in [4.69, 9.17) is 0 Å². The van der Waals surface area contributed by atoms with Crippen molar-refractivity contribution in [3.8, 4) is 0 Å². The molecule has 0 aromatic carbocycles. The predicted molar refractivity (Wildman–Crippen MR) is 99.0 cm³/mol. The van der Waals surface area contributed by atoms with E-state index in [1.165, 1.54) is 29.7 Å². The van der Waals surface area contributed by atoms with Gasteiger partial charge >= 0.3 is 0 Å². The van der Waals surface area contributed by atoms with Crippen LogP contribution in [0.2, 0.25) is 0 Å². The molecule has 0 bridgehead atoms. The van der Waals surface area contributed by atoms with Gasteiger partial charge in [-0.25, -0.2) is 13.4 Å². The van der Waals surface area contributed by atoms with Crippen LogP contribution in [0.15, 0.2) is 17.4 Å². The van der Waals surface area contributed by atoms with Crippen molar-refractivity contribution in [2.24, 2.45) is 5.92 Å². The summed E-state index contributed by atoms with van der Waals surface area (Å²) in [5.74, 6) is 0.635. The number of hydrogen-bond acceptors (Lipinski definition) is 6. The SMILES string of the molecule is CS(=O)(=O)c1cnc2ncnn2c1[C@@H]1CCCN(C(=O)C2CCCCC2)C1. The number of sulfone groups is 1. The average Bonchev–Trinajstić information content (AvgIpc) is 3.15. The third kappa shape index (κ3) is 3.56. The first kappa shape index (κ1) is 18.3. The highest BCUT2D eigenvalue weighted by molar-refractivity contribution is 7.90. The number of carbonyl (C=O) groups is 1. The first-order valence-corrected chi connectivity index (χ1v) is 11.5. The van der Waals surface area contributed by atoms with Crippen molar-refractivity contribution in [1.82, 2.24) is 24.5 Å². The highest BCUT2D eigenvalue weighted by Gasteiger charge is 2.33. The molecule has 0 N–H and O–H groups in total. The maximum atomic E-state index is 13.0. The van der Waals surface area contributed by atoms with Crippen molar-refractivity contribution in [3.63, 3.8) is 0 Å². The fourth-order valence-electron chi connectivity index (χ4n) is 4.45. The number of aromatic nitrogens is 4. The van der Waals surface area contributed by atoms with Gasteiger partial charge in [0.25, 0.3) is 5.78 Å². The van der Waals surface area contributed by atoms with Crippen LogP contribution < -0.4 is 0 Å². The summed E-state index contributed by atoms with van der Waals surface area (Å²) in [5.41, 5.74) is 0.598. The number of amides is 1. The number of carbonyl (C=O) groups excluding carboxylic acids is 1. The Labute approximate surface area is 158 Å². The maximum absolute atomic E-state index is 13.0. The molecule has 2 aromatic rings. The summed E-state index contributed by atoms with van der Waals surface area (Å²) in [6.07, 6.45) is 11.0. The maximum Gasteiger partial charge on any atom is 0.252 e. The number of fused-ring (bicyclic) bond motifs is 1. The quantitative estimate of drug-likeness (QED) is 0.791. The molecule has 2 aliphatic rings. The minimum atomic E-state index is -3.46. The van der Waals surface area contributed by atoms with Gasteiger partial charge in [-0.05, 0) is 25.7 Å². The van der Waals surface area contributed by atoms with Crippen LogP contribution in [0, 0.1) is 5.92 Å². The third-order valence-electron chi connectivity index (χ3n) is 5.78. The lowest BCUT2D eigenvalue weighted by Crippen LogP contribution is -2.43. The third-order valence-corrected chi connectivity index (χ3v) is 6.89. The van der Waals surface area contributed by atoms with Crippen molar-refractivity contribution in [2.75, 3.05) is 19.3 Å². The second kappa shape index (κ2) is 7.18. The molecule has 2 fully saturated rings. The van der Waals surface area contributed by atoms with E-state index < -0.39 is 9.84 Å². The van der Waals surface area contributed by atoms with Gasteiger partial charge in [0.1, 0.15) is 11.2 Å². The summed E-state index contributed by atoms with van der Waals surface area (Å²) >= 11 is 0. The normalized spacial score (nSPS) is 22.3. The van der Waals surface area contributed by atoms with Crippen LogP contribution in [0.1, 0.15) is 56.6 Å². The molecule has 3 heterocycles. The molecule has 1 saturated heterocycles. The molecular weight excluding hydrogens is 366 g/mol. The van der Waals surface area contributed by atoms with Gasteiger partial charge in [0.2, 0.25) is 5.91 Å². The highest BCUT2D eigenvalue weighted by atomic mass is 32.2. The van der Waals surface area contributed by atoms with Gasteiger partial charge in [0.05, 0.1) is 11.9 Å². The lowest BCUT2D eigenvalue weighted by molar-refractivity contribution is -0.137. The van der Waals surface area contributed by atoms with E-state index in [1.807, 2.05) is 4.90 Å². The van der Waals surface area contributed by atoms with Crippen LogP contribution in [0.4, 0.5) is 0 Å². The molecular formula is C18H25N5O3S. The van der Waals surface area contributed by atoms with E-state index in [2.05, 4.69) is 15.1 Å². The molecule has 9 heteroatoms. The summed E-state index contributed by atoms with van der Waals surface area (Å²) in [6, 6.07) is 0. The van der Waals surface area contributed by atoms with Gasteiger partial charge in [-0.3, -0.25) is 4.79 Å². The van der Waals surface area contributed by atoms with Crippen molar-refractivity contribution in [2.45, 2.75) is 55.8 Å². The van der Waals surface area contributed by atoms with E-state index >= 15 is 0 Å². The van der Waals surface area contributed by atoms with Crippen LogP contribution in [0.5, 0.6) is 0 Å². The first-order valence-electron chi connectivity index (χ1n) is 9.62. The molecule has 8 nitrogen and oxygen atoms in total. The fraction of sp³-hybridized carbons (Fsp3) is 0.667. The number of rotatable bonds is 3. The Hall–Kier alpha value is -2.03. The van der Waals surface area contributed by atoms with Crippen molar-refractivity contribution < 1.29 is 13.2 Å². The Morgan fingerprint density at radius 1 is 1.11 bits per heavy atom. The van der Waals surface area contributed by atoms with Gasteiger partial charge in [-0.1, -0.05) is 19.3 Å². The molecule has 2 aromatic heterocycles. The van der Waals surface area contributed by atoms with Crippen LogP contribution in [0.3, 0.4) is 0 Å². The van der Waals surface area contributed by atoms with Crippen molar-refractivity contribution >= 4 is 21.5 Å². The van der Waals surface area contributed by atoms with Crippen LogP contribution in [-0.4, -0.2) is 58.2 Å². The molecule has 1 saturated carbocycles. The summed E-state index contributed by atoms with van der Waals surface area (Å²) < 4.78 is 26.2. The Morgan fingerprint density at radius 2 is 1.89 bits per heavy atom. The first-order chi connectivity index (χ1) is 12.9. The summed E-state index contributed by atoms with van der Waals surface area (Å²) in [5, 5.41) is 4.20. The number of likely N-dealkylation sites (tertiary alicyclic amines) is 1. The molecule has 146 valence electrons. The molecule has 0 spiro atoms. The van der Waals surface area contributed by atoms with E-state index in [0.717, 1.165) is 45.1 Å². The number of hydrogen-bond donors (Lipinski definition) is 0. The summed E-state index contributed by atoms with van der Waals surface area (Å²) in [4.78, 5) is 23.3. The minimum Gasteiger partial charge on any atom is -0.342 e. The summed E-state index contributed by atoms with van der Waals surface area (Å²) in [7, 11) is -3.46. The van der Waals surface area contributed by atoms with E-state index in [1.54, 1.807) is 0 Å². The highest BCUT2D eigenvalue weighted by Crippen LogP contribution is 2.33. The van der Waals surface area contributed by atoms with E-state index in [9.17, 15) is 13.2 Å². The number of piperidine rings is 1. The monoisotopic (exact) mass is 391 g/mol. The minimum absolute atomic E-state index is 0.0942. The van der Waals surface area contributed by atoms with Crippen LogP contribution in [0.25, 0.3) is 5.78 Å². The molecule has 1 aliphatic carbocycles. The topological polar surface area (TPSA) is 97.5 Å². The molecule has 27 heavy (non-hydrogen) atoms. The molecule has 1 aliphatic heterocycles. The molecule has 0 unspecified atom stereocenters. The van der Waals surface area contributed by atoms with Crippen LogP contribution in [-0.2, 0) is 14.6 Å². The fourth-order valence-corrected chi connectivity index (χ4v) is 5.33. The standard InChI is InChI=1S/C18H25N5O3S/c1-27(25,26)15-10-19-18-20-12-21-23(18)16(15)14-8-5-9-22(11-14)17(24)13-6-3-2-4-7-13/h10,12-14H,2-9,11H2,1H3/t14-/m1/s1. The summed E-state index contributed by atoms with van der Waals surface area (Å²) in [6.45, 7) is 1.27. The lowest BCUT2D eigenvalue weighted by atomic mass is 9.86. The lowest BCUT2D eigenvalue weighted by Gasteiger charge is -2.36. The predicted octanol–water partition coefficient (Wildman–Crippen LogP) is 1.81. The molecule has 4 rings (SSSR count). The number of nitrogens with zero attached hydrogens (tertiary/aromatic N) is 5. The molecule has 1 atom stereocenters. The van der Waals surface area contributed by atoms with E-state index in [-0.39, 0.29) is 22.6 Å². The Balaban J connectivity index is 1.67. The Kier molecular flexibility index (Phi) is 4.88. The van der Waals surface area contributed by atoms with Crippen molar-refractivity contribution in [3.05, 3.63) is 18.2 Å². The van der Waals surface area contributed by atoms with Gasteiger partial charge < -0.3 is 4.90 Å². The second-order valence-corrected chi connectivity index (χ2v) is 9.69. The zero-order valence-electron chi connectivity index (χ0n) is 15.5. The van der Waals surface area contributed by atoms with Gasteiger partial charge in [-0.15, -0.1) is 0 Å². The molecule has 0 radical (unpaired) electrons. The van der Waals surface area contributed by atoms with Gasteiger partial charge in [0, 0.05) is 31.2 Å². The second-order valence-electron chi connectivity index (χ2n) is 7.71. The largest absolute Gasteiger partial charge is 0.342 e. The Morgan fingerprint density at radius 3 is 2.63 bits per heavy atom. The zero-order valence-corrected chi connectivity index (χ0v) is 16.4. The average molecular weight is 391 g/mol. The van der Waals surface area contributed by atoms with Gasteiger partial charge in [0.15, 0.2) is 9.84 Å².